The van der Waals surface area contributed by atoms with Crippen LogP contribution < -0.4 is 0 Å². The van der Waals surface area contributed by atoms with Crippen LogP contribution in [0.5, 0.6) is 0 Å². The number of nitrogens with zero attached hydrogens (tertiary/aromatic N) is 3. The van der Waals surface area contributed by atoms with Gasteiger partial charge < -0.3 is 5.11 Å². The number of hydrogen-bond donors (Lipinski definition) is 2. The molecule has 0 spiro atoms. The van der Waals surface area contributed by atoms with Gasteiger partial charge in [-0.3, -0.25) is 5.10 Å². The van der Waals surface area contributed by atoms with Gasteiger partial charge >= 0.3 is 5.97 Å². The highest BCUT2D eigenvalue weighted by Crippen LogP contribution is 2.23. The molecule has 2 aromatic heterocycles. The van der Waals surface area contributed by atoms with Gasteiger partial charge in [0.15, 0.2) is 5.82 Å². The van der Waals surface area contributed by atoms with Gasteiger partial charge in [0.25, 0.3) is 10.0 Å². The Morgan fingerprint density at radius 2 is 2.25 bits per heavy atom. The third-order valence-electron chi connectivity index (χ3n) is 2.49. The van der Waals surface area contributed by atoms with Crippen LogP contribution in [0.25, 0.3) is 0 Å². The average molecular weight is 316 g/mol. The summed E-state index contributed by atoms with van der Waals surface area (Å²) in [6.45, 7) is 1.72. The first-order valence-electron chi connectivity index (χ1n) is 5.47. The van der Waals surface area contributed by atoms with E-state index < -0.39 is 16.0 Å². The number of hydrogen-bond acceptors (Lipinski definition) is 6. The van der Waals surface area contributed by atoms with Crippen LogP contribution in [-0.2, 0) is 16.6 Å². The van der Waals surface area contributed by atoms with E-state index in [2.05, 4.69) is 15.2 Å². The molecule has 0 aromatic carbocycles. The van der Waals surface area contributed by atoms with Crippen LogP contribution in [0.2, 0.25) is 0 Å². The molecule has 0 atom stereocenters. The highest BCUT2D eigenvalue weighted by molar-refractivity contribution is 7.91. The summed E-state index contributed by atoms with van der Waals surface area (Å²) < 4.78 is 25.6. The summed E-state index contributed by atoms with van der Waals surface area (Å²) in [4.78, 5) is 14.8. The lowest BCUT2D eigenvalue weighted by Crippen LogP contribution is -2.26. The van der Waals surface area contributed by atoms with Crippen molar-refractivity contribution >= 4 is 27.3 Å². The molecule has 2 N–H and O–H groups in total. The lowest BCUT2D eigenvalue weighted by atomic mass is 10.4. The Morgan fingerprint density at radius 1 is 1.55 bits per heavy atom. The molecular formula is C10H12N4O4S2. The zero-order chi connectivity index (χ0) is 14.9. The number of carboxylic acids is 1. The highest BCUT2D eigenvalue weighted by atomic mass is 32.2. The zero-order valence-corrected chi connectivity index (χ0v) is 12.3. The first-order valence-corrected chi connectivity index (χ1v) is 7.78. The molecule has 0 saturated heterocycles. The number of aromatic amines is 1. The van der Waals surface area contributed by atoms with E-state index in [-0.39, 0.29) is 16.3 Å². The Hall–Kier alpha value is -1.78. The van der Waals surface area contributed by atoms with Crippen molar-refractivity contribution in [2.24, 2.45) is 0 Å². The molecule has 8 nitrogen and oxygen atoms in total. The first kappa shape index (κ1) is 14.6. The van der Waals surface area contributed by atoms with Crippen molar-refractivity contribution in [3.8, 4) is 0 Å². The van der Waals surface area contributed by atoms with Crippen LogP contribution in [0.4, 0.5) is 0 Å². The van der Waals surface area contributed by atoms with E-state index >= 15 is 0 Å². The number of aryl methyl sites for hydroxylation is 1. The van der Waals surface area contributed by atoms with Crippen LogP contribution >= 0.6 is 11.3 Å². The minimum atomic E-state index is -3.75. The maximum Gasteiger partial charge on any atom is 0.336 e. The van der Waals surface area contributed by atoms with Gasteiger partial charge in [-0.25, -0.2) is 18.2 Å². The number of rotatable bonds is 5. The third-order valence-corrected chi connectivity index (χ3v) is 5.71. The monoisotopic (exact) mass is 316 g/mol. The largest absolute Gasteiger partial charge is 0.478 e. The molecule has 0 aliphatic rings. The lowest BCUT2D eigenvalue weighted by molar-refractivity contribution is 0.0697. The van der Waals surface area contributed by atoms with E-state index in [4.69, 9.17) is 5.11 Å². The van der Waals surface area contributed by atoms with Gasteiger partial charge in [0, 0.05) is 12.4 Å². The van der Waals surface area contributed by atoms with Crippen molar-refractivity contribution in [3.63, 3.8) is 0 Å². The molecule has 0 aliphatic heterocycles. The molecule has 2 aromatic rings. The minimum absolute atomic E-state index is 0.00692. The highest BCUT2D eigenvalue weighted by Gasteiger charge is 2.25. The lowest BCUT2D eigenvalue weighted by Gasteiger charge is -2.13. The summed E-state index contributed by atoms with van der Waals surface area (Å²) in [5.41, 5.74) is -0.0456. The molecule has 108 valence electrons. The molecule has 0 amide bonds. The summed E-state index contributed by atoms with van der Waals surface area (Å²) in [6, 6.07) is 1.14. The number of nitrogens with one attached hydrogen (secondary N) is 1. The number of sulfonamides is 1. The number of thiophene rings is 1. The van der Waals surface area contributed by atoms with Crippen molar-refractivity contribution in [3.05, 3.63) is 28.7 Å². The molecule has 0 aliphatic carbocycles. The fourth-order valence-corrected chi connectivity index (χ4v) is 3.95. The van der Waals surface area contributed by atoms with Gasteiger partial charge in [-0.2, -0.15) is 9.40 Å². The van der Waals surface area contributed by atoms with Gasteiger partial charge in [0.05, 0.1) is 12.1 Å². The van der Waals surface area contributed by atoms with Crippen molar-refractivity contribution in [2.45, 2.75) is 17.7 Å². The first-order chi connectivity index (χ1) is 9.30. The Kier molecular flexibility index (Phi) is 3.88. The van der Waals surface area contributed by atoms with Crippen LogP contribution in [0.15, 0.2) is 15.7 Å². The number of aromatic nitrogens is 3. The van der Waals surface area contributed by atoms with Gasteiger partial charge in [-0.1, -0.05) is 0 Å². The van der Waals surface area contributed by atoms with Crippen LogP contribution in [0.1, 0.15) is 22.0 Å². The maximum absolute atomic E-state index is 12.3. The van der Waals surface area contributed by atoms with E-state index in [1.807, 2.05) is 0 Å². The van der Waals surface area contributed by atoms with E-state index in [1.165, 1.54) is 12.4 Å². The Morgan fingerprint density at radius 3 is 2.75 bits per heavy atom. The molecular weight excluding hydrogens is 304 g/mol. The molecule has 20 heavy (non-hydrogen) atoms. The van der Waals surface area contributed by atoms with Crippen LogP contribution in [-0.4, -0.2) is 46.0 Å². The van der Waals surface area contributed by atoms with E-state index in [0.29, 0.717) is 11.6 Å². The molecule has 2 rings (SSSR count). The molecule has 0 fully saturated rings. The topological polar surface area (TPSA) is 116 Å². The van der Waals surface area contributed by atoms with Gasteiger partial charge in [0.2, 0.25) is 0 Å². The summed E-state index contributed by atoms with van der Waals surface area (Å²) >= 11 is 0.870. The number of carbonyl (C=O) groups is 1. The number of H-pyrrole nitrogens is 1. The molecule has 0 bridgehead atoms. The third kappa shape index (κ3) is 2.86. The number of aromatic carboxylic acids is 1. The Bertz CT molecular complexity index is 734. The average Bonchev–Trinajstić information content (AvgIpc) is 2.98. The van der Waals surface area contributed by atoms with Crippen molar-refractivity contribution in [1.29, 1.82) is 0 Å². The fraction of sp³-hybridized carbons (Fsp3) is 0.300. The van der Waals surface area contributed by atoms with Crippen molar-refractivity contribution in [2.75, 3.05) is 7.05 Å². The predicted molar refractivity (Wildman–Crippen MR) is 71.1 cm³/mol. The van der Waals surface area contributed by atoms with Gasteiger partial charge in [0.1, 0.15) is 10.0 Å². The quantitative estimate of drug-likeness (QED) is 0.838. The second-order valence-electron chi connectivity index (χ2n) is 4.06. The summed E-state index contributed by atoms with van der Waals surface area (Å²) in [7, 11) is -2.36. The molecule has 0 unspecified atom stereocenters. The van der Waals surface area contributed by atoms with Crippen LogP contribution in [0.3, 0.4) is 0 Å². The fourth-order valence-electron chi connectivity index (χ4n) is 1.46. The SMILES string of the molecule is Cc1nc(CN(C)S(=O)(=O)c2cc(C(=O)O)cs2)n[nH]1. The molecule has 2 heterocycles. The molecule has 0 saturated carbocycles. The van der Waals surface area contributed by atoms with E-state index in [1.54, 1.807) is 6.92 Å². The predicted octanol–water partition coefficient (Wildman–Crippen LogP) is 0.694. The smallest absolute Gasteiger partial charge is 0.336 e. The van der Waals surface area contributed by atoms with E-state index in [9.17, 15) is 13.2 Å². The molecule has 10 heteroatoms. The van der Waals surface area contributed by atoms with Crippen molar-refractivity contribution in [1.82, 2.24) is 19.5 Å². The standard InChI is InChI=1S/C10H12N4O4S2/c1-6-11-8(13-12-6)4-14(2)20(17,18)9-3-7(5-19-9)10(15)16/h3,5H,4H2,1-2H3,(H,15,16)(H,11,12,13). The second-order valence-corrected chi connectivity index (χ2v) is 7.24. The Balaban J connectivity index is 2.22. The second kappa shape index (κ2) is 5.31. The summed E-state index contributed by atoms with van der Waals surface area (Å²) in [6.07, 6.45) is 0. The van der Waals surface area contributed by atoms with E-state index in [0.717, 1.165) is 21.7 Å². The minimum Gasteiger partial charge on any atom is -0.478 e. The van der Waals surface area contributed by atoms with Gasteiger partial charge in [-0.05, 0) is 13.0 Å². The number of carboxylic acid groups (broad SMARTS) is 1. The summed E-state index contributed by atoms with van der Waals surface area (Å²) in [5.74, 6) is -0.214. The molecule has 0 radical (unpaired) electrons. The Labute approximate surface area is 119 Å². The summed E-state index contributed by atoms with van der Waals surface area (Å²) in [5, 5.41) is 16.6. The van der Waals surface area contributed by atoms with Crippen molar-refractivity contribution < 1.29 is 18.3 Å². The van der Waals surface area contributed by atoms with Gasteiger partial charge in [-0.15, -0.1) is 11.3 Å². The maximum atomic E-state index is 12.3. The normalized spacial score (nSPS) is 11.9. The zero-order valence-electron chi connectivity index (χ0n) is 10.7. The van der Waals surface area contributed by atoms with Crippen LogP contribution in [0, 0.1) is 6.92 Å².